The zero-order valence-corrected chi connectivity index (χ0v) is 10.7. The third kappa shape index (κ3) is 3.45. The van der Waals surface area contributed by atoms with Gasteiger partial charge in [0.1, 0.15) is 5.75 Å². The summed E-state index contributed by atoms with van der Waals surface area (Å²) in [6.45, 7) is 0. The molecule has 0 fully saturated rings. The van der Waals surface area contributed by atoms with Gasteiger partial charge in [-0.3, -0.25) is 4.79 Å². The van der Waals surface area contributed by atoms with E-state index in [2.05, 4.69) is 5.32 Å². The lowest BCUT2D eigenvalue weighted by atomic mass is 10.1. The fourth-order valence-corrected chi connectivity index (χ4v) is 1.67. The lowest BCUT2D eigenvalue weighted by molar-refractivity contribution is 0.104. The molecule has 19 heavy (non-hydrogen) atoms. The van der Waals surface area contributed by atoms with E-state index < -0.39 is 0 Å². The smallest absolute Gasteiger partial charge is 0.187 e. The van der Waals surface area contributed by atoms with Crippen molar-refractivity contribution in [2.45, 2.75) is 0 Å². The van der Waals surface area contributed by atoms with Gasteiger partial charge in [0.05, 0.1) is 12.8 Å². The maximum absolute atomic E-state index is 11.8. The Morgan fingerprint density at radius 3 is 2.47 bits per heavy atom. The van der Waals surface area contributed by atoms with Gasteiger partial charge in [-0.2, -0.15) is 0 Å². The molecular weight excluding hydrogens is 238 g/mol. The Morgan fingerprint density at radius 1 is 1.05 bits per heavy atom. The van der Waals surface area contributed by atoms with E-state index in [-0.39, 0.29) is 5.78 Å². The molecule has 3 nitrogen and oxygen atoms in total. The Morgan fingerprint density at radius 2 is 1.74 bits per heavy atom. The Balaban J connectivity index is 2.02. The maximum Gasteiger partial charge on any atom is 0.187 e. The highest BCUT2D eigenvalue weighted by atomic mass is 16.5. The molecule has 96 valence electrons. The summed E-state index contributed by atoms with van der Waals surface area (Å²) >= 11 is 0. The molecule has 0 saturated carbocycles. The Kier molecular flexibility index (Phi) is 4.34. The second kappa shape index (κ2) is 6.40. The average Bonchev–Trinajstić information content (AvgIpc) is 2.48. The molecule has 2 aromatic carbocycles. The summed E-state index contributed by atoms with van der Waals surface area (Å²) in [6.07, 6.45) is 3.12. The first-order chi connectivity index (χ1) is 9.31. The molecule has 0 spiro atoms. The van der Waals surface area contributed by atoms with Crippen molar-refractivity contribution in [3.63, 3.8) is 0 Å². The SMILES string of the molecule is COc1ccccc1NC=CC(=O)c1ccccc1. The zero-order chi connectivity index (χ0) is 13.5. The van der Waals surface area contributed by atoms with Crippen molar-refractivity contribution < 1.29 is 9.53 Å². The minimum absolute atomic E-state index is 0.0389. The van der Waals surface area contributed by atoms with E-state index in [1.54, 1.807) is 25.4 Å². The number of carbonyl (C=O) groups is 1. The van der Waals surface area contributed by atoms with Crippen LogP contribution in [-0.4, -0.2) is 12.9 Å². The molecular formula is C16H15NO2. The van der Waals surface area contributed by atoms with Crippen molar-refractivity contribution in [3.05, 3.63) is 72.4 Å². The largest absolute Gasteiger partial charge is 0.495 e. The van der Waals surface area contributed by atoms with Crippen LogP contribution in [0.4, 0.5) is 5.69 Å². The zero-order valence-electron chi connectivity index (χ0n) is 10.7. The van der Waals surface area contributed by atoms with Crippen LogP contribution in [0.15, 0.2) is 66.9 Å². The van der Waals surface area contributed by atoms with Crippen molar-refractivity contribution in [1.29, 1.82) is 0 Å². The highest BCUT2D eigenvalue weighted by Gasteiger charge is 2.00. The molecule has 0 radical (unpaired) electrons. The van der Waals surface area contributed by atoms with Gasteiger partial charge in [-0.05, 0) is 12.1 Å². The average molecular weight is 253 g/mol. The number of carbonyl (C=O) groups excluding carboxylic acids is 1. The monoisotopic (exact) mass is 253 g/mol. The van der Waals surface area contributed by atoms with Gasteiger partial charge < -0.3 is 10.1 Å². The summed E-state index contributed by atoms with van der Waals surface area (Å²) in [7, 11) is 1.61. The fourth-order valence-electron chi connectivity index (χ4n) is 1.67. The molecule has 0 aliphatic carbocycles. The number of allylic oxidation sites excluding steroid dienone is 1. The van der Waals surface area contributed by atoms with Gasteiger partial charge in [-0.25, -0.2) is 0 Å². The van der Waals surface area contributed by atoms with E-state index >= 15 is 0 Å². The predicted octanol–water partition coefficient (Wildman–Crippen LogP) is 3.50. The standard InChI is InChI=1S/C16H15NO2/c1-19-16-10-6-5-9-14(16)17-12-11-15(18)13-7-3-2-4-8-13/h2-12,17H,1H3. The molecule has 0 amide bonds. The summed E-state index contributed by atoms with van der Waals surface area (Å²) in [5.41, 5.74) is 1.49. The van der Waals surface area contributed by atoms with E-state index in [9.17, 15) is 4.79 Å². The second-order valence-corrected chi connectivity index (χ2v) is 3.91. The maximum atomic E-state index is 11.8. The van der Waals surface area contributed by atoms with Crippen LogP contribution in [0.3, 0.4) is 0 Å². The lowest BCUT2D eigenvalue weighted by Crippen LogP contribution is -1.97. The van der Waals surface area contributed by atoms with Crippen LogP contribution >= 0.6 is 0 Å². The van der Waals surface area contributed by atoms with E-state index in [0.717, 1.165) is 11.4 Å². The minimum atomic E-state index is -0.0389. The van der Waals surface area contributed by atoms with Gasteiger partial charge in [-0.1, -0.05) is 42.5 Å². The molecule has 0 atom stereocenters. The summed E-state index contributed by atoms with van der Waals surface area (Å²) in [5.74, 6) is 0.697. The van der Waals surface area contributed by atoms with E-state index in [1.807, 2.05) is 42.5 Å². The highest BCUT2D eigenvalue weighted by Crippen LogP contribution is 2.22. The number of methoxy groups -OCH3 is 1. The summed E-state index contributed by atoms with van der Waals surface area (Å²) in [6, 6.07) is 16.7. The van der Waals surface area contributed by atoms with Crippen molar-refractivity contribution in [1.82, 2.24) is 0 Å². The number of anilines is 1. The number of hydrogen-bond acceptors (Lipinski definition) is 3. The minimum Gasteiger partial charge on any atom is -0.495 e. The molecule has 2 rings (SSSR count). The Bertz CT molecular complexity index is 576. The topological polar surface area (TPSA) is 38.3 Å². The van der Waals surface area contributed by atoms with Gasteiger partial charge in [0.25, 0.3) is 0 Å². The van der Waals surface area contributed by atoms with Crippen LogP contribution in [0.1, 0.15) is 10.4 Å². The molecule has 0 aliphatic rings. The highest BCUT2D eigenvalue weighted by molar-refractivity contribution is 6.04. The molecule has 0 aliphatic heterocycles. The summed E-state index contributed by atoms with van der Waals surface area (Å²) < 4.78 is 5.21. The Hall–Kier alpha value is -2.55. The van der Waals surface area contributed by atoms with Crippen LogP contribution in [0, 0.1) is 0 Å². The number of rotatable bonds is 5. The first-order valence-corrected chi connectivity index (χ1v) is 5.97. The summed E-state index contributed by atoms with van der Waals surface area (Å²) in [5, 5.41) is 3.04. The first kappa shape index (κ1) is 12.9. The van der Waals surface area contributed by atoms with Crippen molar-refractivity contribution in [2.24, 2.45) is 0 Å². The fraction of sp³-hybridized carbons (Fsp3) is 0.0625. The lowest BCUT2D eigenvalue weighted by Gasteiger charge is -2.06. The van der Waals surface area contributed by atoms with Crippen LogP contribution in [0.5, 0.6) is 5.75 Å². The van der Waals surface area contributed by atoms with E-state index in [0.29, 0.717) is 5.56 Å². The quantitative estimate of drug-likeness (QED) is 0.654. The van der Waals surface area contributed by atoms with Gasteiger partial charge in [-0.15, -0.1) is 0 Å². The third-order valence-corrected chi connectivity index (χ3v) is 2.64. The van der Waals surface area contributed by atoms with Gasteiger partial charge >= 0.3 is 0 Å². The van der Waals surface area contributed by atoms with E-state index in [4.69, 9.17) is 4.74 Å². The van der Waals surface area contributed by atoms with Crippen LogP contribution in [-0.2, 0) is 0 Å². The second-order valence-electron chi connectivity index (χ2n) is 3.91. The van der Waals surface area contributed by atoms with Crippen LogP contribution in [0.25, 0.3) is 0 Å². The molecule has 0 heterocycles. The van der Waals surface area contributed by atoms with Crippen molar-refractivity contribution >= 4 is 11.5 Å². The molecule has 2 aromatic rings. The number of ketones is 1. The summed E-state index contributed by atoms with van der Waals surface area (Å²) in [4.78, 5) is 11.8. The molecule has 0 unspecified atom stereocenters. The third-order valence-electron chi connectivity index (χ3n) is 2.64. The van der Waals surface area contributed by atoms with E-state index in [1.165, 1.54) is 6.08 Å². The van der Waals surface area contributed by atoms with Crippen LogP contribution < -0.4 is 10.1 Å². The number of nitrogens with one attached hydrogen (secondary N) is 1. The van der Waals surface area contributed by atoms with Crippen molar-refractivity contribution in [3.8, 4) is 5.75 Å². The molecule has 0 saturated heterocycles. The normalized spacial score (nSPS) is 10.4. The van der Waals surface area contributed by atoms with Gasteiger partial charge in [0, 0.05) is 17.8 Å². The number of ether oxygens (including phenoxy) is 1. The van der Waals surface area contributed by atoms with Gasteiger partial charge in [0.15, 0.2) is 5.78 Å². The first-order valence-electron chi connectivity index (χ1n) is 5.97. The number of benzene rings is 2. The Labute approximate surface area is 112 Å². The molecule has 0 aromatic heterocycles. The van der Waals surface area contributed by atoms with Crippen LogP contribution in [0.2, 0.25) is 0 Å². The molecule has 3 heteroatoms. The molecule has 0 bridgehead atoms. The predicted molar refractivity (Wildman–Crippen MR) is 76.5 cm³/mol. The number of para-hydroxylation sites is 2. The van der Waals surface area contributed by atoms with Gasteiger partial charge in [0.2, 0.25) is 0 Å². The van der Waals surface area contributed by atoms with Crippen molar-refractivity contribution in [2.75, 3.05) is 12.4 Å². The molecule has 1 N–H and O–H groups in total. The number of hydrogen-bond donors (Lipinski definition) is 1.